The van der Waals surface area contributed by atoms with Crippen molar-refractivity contribution < 1.29 is 4.79 Å². The Morgan fingerprint density at radius 1 is 1.50 bits per heavy atom. The Morgan fingerprint density at radius 2 is 2.15 bits per heavy atom. The van der Waals surface area contributed by atoms with E-state index in [1.807, 2.05) is 18.7 Å². The summed E-state index contributed by atoms with van der Waals surface area (Å²) in [6, 6.07) is 0. The summed E-state index contributed by atoms with van der Waals surface area (Å²) in [5, 5.41) is 4.93. The third kappa shape index (κ3) is 3.27. The zero-order valence-corrected chi connectivity index (χ0v) is 13.7. The van der Waals surface area contributed by atoms with Gasteiger partial charge in [0, 0.05) is 13.1 Å². The quantitative estimate of drug-likeness (QED) is 0.923. The van der Waals surface area contributed by atoms with Gasteiger partial charge in [-0.3, -0.25) is 9.48 Å². The molecule has 1 unspecified atom stereocenters. The molecule has 114 valence electrons. The maximum atomic E-state index is 12.3. The normalized spacial score (nSPS) is 21.9. The molecule has 1 aromatic heterocycles. The molecule has 1 aromatic rings. The highest BCUT2D eigenvalue weighted by molar-refractivity contribution is 6.31. The van der Waals surface area contributed by atoms with Crippen LogP contribution in [0.25, 0.3) is 0 Å². The molecule has 7 heteroatoms. The van der Waals surface area contributed by atoms with Gasteiger partial charge in [0.2, 0.25) is 5.91 Å². The van der Waals surface area contributed by atoms with E-state index in [0.29, 0.717) is 11.6 Å². The first-order valence-corrected chi connectivity index (χ1v) is 6.91. The summed E-state index contributed by atoms with van der Waals surface area (Å²) in [5.41, 5.74) is 7.42. The van der Waals surface area contributed by atoms with E-state index in [1.54, 1.807) is 4.68 Å². The maximum Gasteiger partial charge on any atom is 0.244 e. The van der Waals surface area contributed by atoms with Crippen LogP contribution in [0, 0.1) is 19.3 Å². The molecule has 1 aliphatic heterocycles. The van der Waals surface area contributed by atoms with Crippen LogP contribution in [0.3, 0.4) is 0 Å². The van der Waals surface area contributed by atoms with E-state index in [9.17, 15) is 4.79 Å². The standard InChI is InChI=1S/C13H21ClN4O.ClH/c1-9-12(14)10(2)18(16-9)6-11(19)17-5-4-13(3,7-15)8-17;/h4-8,15H2,1-3H3;1H. The minimum atomic E-state index is 0. The van der Waals surface area contributed by atoms with E-state index in [0.717, 1.165) is 30.9 Å². The van der Waals surface area contributed by atoms with Crippen LogP contribution >= 0.6 is 24.0 Å². The number of aromatic nitrogens is 2. The average Bonchev–Trinajstić information content (AvgIpc) is 2.88. The van der Waals surface area contributed by atoms with Gasteiger partial charge in [0.25, 0.3) is 0 Å². The first-order chi connectivity index (χ1) is 8.86. The second-order valence-corrected chi connectivity index (χ2v) is 6.10. The number of nitrogens with zero attached hydrogens (tertiary/aromatic N) is 3. The Hall–Kier alpha value is -0.780. The lowest BCUT2D eigenvalue weighted by Gasteiger charge is -2.22. The van der Waals surface area contributed by atoms with Crippen molar-refractivity contribution in [3.05, 3.63) is 16.4 Å². The van der Waals surface area contributed by atoms with Gasteiger partial charge in [-0.1, -0.05) is 18.5 Å². The van der Waals surface area contributed by atoms with Crippen LogP contribution < -0.4 is 5.73 Å². The highest BCUT2D eigenvalue weighted by Gasteiger charge is 2.34. The summed E-state index contributed by atoms with van der Waals surface area (Å²) in [6.07, 6.45) is 0.965. The van der Waals surface area contributed by atoms with Gasteiger partial charge in [0.1, 0.15) is 6.54 Å². The van der Waals surface area contributed by atoms with Crippen molar-refractivity contribution in [3.63, 3.8) is 0 Å². The summed E-state index contributed by atoms with van der Waals surface area (Å²) in [7, 11) is 0. The Morgan fingerprint density at radius 3 is 2.60 bits per heavy atom. The Labute approximate surface area is 130 Å². The second kappa shape index (κ2) is 6.33. The van der Waals surface area contributed by atoms with Crippen molar-refractivity contribution in [1.82, 2.24) is 14.7 Å². The summed E-state index contributed by atoms with van der Waals surface area (Å²) >= 11 is 6.08. The lowest BCUT2D eigenvalue weighted by atomic mass is 9.90. The van der Waals surface area contributed by atoms with Gasteiger partial charge >= 0.3 is 0 Å². The van der Waals surface area contributed by atoms with E-state index < -0.39 is 0 Å². The molecule has 0 saturated carbocycles. The molecule has 0 aliphatic carbocycles. The molecule has 0 spiro atoms. The monoisotopic (exact) mass is 320 g/mol. The number of likely N-dealkylation sites (tertiary alicyclic amines) is 1. The molecular weight excluding hydrogens is 299 g/mol. The van der Waals surface area contributed by atoms with Gasteiger partial charge < -0.3 is 10.6 Å². The molecule has 2 rings (SSSR count). The minimum absolute atomic E-state index is 0. The molecule has 0 radical (unpaired) electrons. The predicted octanol–water partition coefficient (Wildman–Crippen LogP) is 1.77. The number of nitrogens with two attached hydrogens (primary N) is 1. The second-order valence-electron chi connectivity index (χ2n) is 5.72. The van der Waals surface area contributed by atoms with E-state index in [1.165, 1.54) is 0 Å². The number of carbonyl (C=O) groups excluding carboxylic acids is 1. The molecule has 0 aromatic carbocycles. The first-order valence-electron chi connectivity index (χ1n) is 6.54. The van der Waals surface area contributed by atoms with Crippen molar-refractivity contribution in [2.75, 3.05) is 19.6 Å². The highest BCUT2D eigenvalue weighted by atomic mass is 35.5. The molecule has 1 saturated heterocycles. The van der Waals surface area contributed by atoms with Crippen LogP contribution in [0.5, 0.6) is 0 Å². The zero-order valence-electron chi connectivity index (χ0n) is 12.1. The number of rotatable bonds is 3. The third-order valence-electron chi connectivity index (χ3n) is 3.98. The average molecular weight is 321 g/mol. The van der Waals surface area contributed by atoms with Crippen molar-refractivity contribution in [3.8, 4) is 0 Å². The molecule has 2 N–H and O–H groups in total. The fraction of sp³-hybridized carbons (Fsp3) is 0.692. The molecule has 1 amide bonds. The van der Waals surface area contributed by atoms with Crippen LogP contribution in [0.4, 0.5) is 0 Å². The van der Waals surface area contributed by atoms with Gasteiger partial charge in [-0.05, 0) is 32.2 Å². The van der Waals surface area contributed by atoms with Crippen molar-refractivity contribution in [2.45, 2.75) is 33.7 Å². The molecule has 2 heterocycles. The van der Waals surface area contributed by atoms with Gasteiger partial charge in [-0.15, -0.1) is 12.4 Å². The number of halogens is 2. The minimum Gasteiger partial charge on any atom is -0.340 e. The van der Waals surface area contributed by atoms with Crippen LogP contribution in [0.2, 0.25) is 5.02 Å². The molecule has 20 heavy (non-hydrogen) atoms. The Kier molecular flexibility index (Phi) is 5.46. The summed E-state index contributed by atoms with van der Waals surface area (Å²) in [6.45, 7) is 8.22. The fourth-order valence-electron chi connectivity index (χ4n) is 2.46. The van der Waals surface area contributed by atoms with Crippen LogP contribution in [0.15, 0.2) is 0 Å². The molecule has 1 fully saturated rings. The van der Waals surface area contributed by atoms with Gasteiger partial charge in [-0.25, -0.2) is 0 Å². The summed E-state index contributed by atoms with van der Waals surface area (Å²) < 4.78 is 1.68. The van der Waals surface area contributed by atoms with Crippen LogP contribution in [-0.2, 0) is 11.3 Å². The summed E-state index contributed by atoms with van der Waals surface area (Å²) in [4.78, 5) is 14.1. The SMILES string of the molecule is Cc1nn(CC(=O)N2CCC(C)(CN)C2)c(C)c1Cl.Cl. The van der Waals surface area contributed by atoms with Crippen LogP contribution in [-0.4, -0.2) is 40.2 Å². The van der Waals surface area contributed by atoms with E-state index in [2.05, 4.69) is 12.0 Å². The maximum absolute atomic E-state index is 12.3. The van der Waals surface area contributed by atoms with Gasteiger partial charge in [0.15, 0.2) is 0 Å². The third-order valence-corrected chi connectivity index (χ3v) is 4.53. The lowest BCUT2D eigenvalue weighted by Crippen LogP contribution is -2.36. The molecule has 1 atom stereocenters. The first kappa shape index (κ1) is 17.3. The lowest BCUT2D eigenvalue weighted by molar-refractivity contribution is -0.131. The van der Waals surface area contributed by atoms with E-state index in [4.69, 9.17) is 17.3 Å². The number of hydrogen-bond donors (Lipinski definition) is 1. The Balaban J connectivity index is 0.00000200. The van der Waals surface area contributed by atoms with Crippen molar-refractivity contribution in [1.29, 1.82) is 0 Å². The number of aryl methyl sites for hydroxylation is 1. The predicted molar refractivity (Wildman–Crippen MR) is 82.3 cm³/mol. The van der Waals surface area contributed by atoms with Crippen molar-refractivity contribution in [2.24, 2.45) is 11.1 Å². The fourth-order valence-corrected chi connectivity index (χ4v) is 2.60. The number of carbonyl (C=O) groups is 1. The number of amides is 1. The molecule has 0 bridgehead atoms. The molecule has 1 aliphatic rings. The zero-order chi connectivity index (χ0) is 14.2. The van der Waals surface area contributed by atoms with Gasteiger partial charge in [-0.2, -0.15) is 5.10 Å². The van der Waals surface area contributed by atoms with Gasteiger partial charge in [0.05, 0.1) is 16.4 Å². The topological polar surface area (TPSA) is 64.2 Å². The van der Waals surface area contributed by atoms with E-state index >= 15 is 0 Å². The van der Waals surface area contributed by atoms with E-state index in [-0.39, 0.29) is 30.3 Å². The molecule has 5 nitrogen and oxygen atoms in total. The Bertz CT molecular complexity index is 503. The highest BCUT2D eigenvalue weighted by Crippen LogP contribution is 2.28. The van der Waals surface area contributed by atoms with Crippen LogP contribution in [0.1, 0.15) is 24.7 Å². The number of hydrogen-bond acceptors (Lipinski definition) is 3. The smallest absolute Gasteiger partial charge is 0.244 e. The largest absolute Gasteiger partial charge is 0.340 e. The molecular formula is C13H22Cl2N4O. The summed E-state index contributed by atoms with van der Waals surface area (Å²) in [5.74, 6) is 0.0828. The van der Waals surface area contributed by atoms with Crippen molar-refractivity contribution >= 4 is 29.9 Å².